The summed E-state index contributed by atoms with van der Waals surface area (Å²) >= 11 is 0. The first kappa shape index (κ1) is 17.0. The zero-order valence-electron chi connectivity index (χ0n) is 14.6. The number of benzene rings is 2. The van der Waals surface area contributed by atoms with E-state index in [9.17, 15) is 9.59 Å². The van der Waals surface area contributed by atoms with Crippen molar-refractivity contribution >= 4 is 16.9 Å². The fraction of sp³-hybridized carbons (Fsp3) is 0.238. The van der Waals surface area contributed by atoms with Crippen molar-refractivity contribution in [3.8, 4) is 11.3 Å². The van der Waals surface area contributed by atoms with Crippen molar-refractivity contribution in [1.82, 2.24) is 5.32 Å². The van der Waals surface area contributed by atoms with Crippen molar-refractivity contribution in [2.45, 2.75) is 20.8 Å². The van der Waals surface area contributed by atoms with Crippen LogP contribution in [0.2, 0.25) is 0 Å². The highest BCUT2D eigenvalue weighted by Gasteiger charge is 2.18. The Morgan fingerprint density at radius 2 is 1.80 bits per heavy atom. The number of amides is 1. The number of fused-ring (bicyclic) bond motifs is 1. The third-order valence-electron chi connectivity index (χ3n) is 4.10. The van der Waals surface area contributed by atoms with Crippen LogP contribution in [-0.2, 0) is 0 Å². The second-order valence-electron chi connectivity index (χ2n) is 6.54. The van der Waals surface area contributed by atoms with Gasteiger partial charge in [0.05, 0.1) is 10.9 Å². The number of para-hydroxylation sites is 1. The molecular formula is C21H21NO3. The molecule has 0 aliphatic heterocycles. The van der Waals surface area contributed by atoms with Crippen molar-refractivity contribution in [3.05, 3.63) is 69.9 Å². The lowest BCUT2D eigenvalue weighted by Gasteiger charge is -2.11. The Morgan fingerprint density at radius 1 is 1.08 bits per heavy atom. The fourth-order valence-electron chi connectivity index (χ4n) is 2.75. The molecule has 4 heteroatoms. The number of nitrogens with one attached hydrogen (secondary N) is 1. The summed E-state index contributed by atoms with van der Waals surface area (Å²) in [6, 6.07) is 14.6. The molecule has 0 spiro atoms. The van der Waals surface area contributed by atoms with Crippen molar-refractivity contribution < 1.29 is 9.21 Å². The maximum absolute atomic E-state index is 12.8. The highest BCUT2D eigenvalue weighted by atomic mass is 16.3. The summed E-state index contributed by atoms with van der Waals surface area (Å²) in [5.74, 6) is 0.612. The first-order chi connectivity index (χ1) is 12.0. The topological polar surface area (TPSA) is 59.3 Å². The predicted molar refractivity (Wildman–Crippen MR) is 99.8 cm³/mol. The van der Waals surface area contributed by atoms with E-state index in [0.29, 0.717) is 40.3 Å². The summed E-state index contributed by atoms with van der Waals surface area (Å²) in [6.07, 6.45) is 0. The normalized spacial score (nSPS) is 11.0. The number of rotatable bonds is 4. The zero-order valence-corrected chi connectivity index (χ0v) is 14.6. The molecule has 2 aromatic carbocycles. The Hall–Kier alpha value is -2.88. The van der Waals surface area contributed by atoms with Crippen molar-refractivity contribution in [1.29, 1.82) is 0 Å². The van der Waals surface area contributed by atoms with Crippen LogP contribution in [0, 0.1) is 12.8 Å². The van der Waals surface area contributed by atoms with Gasteiger partial charge in [-0.05, 0) is 25.0 Å². The highest BCUT2D eigenvalue weighted by Crippen LogP contribution is 2.27. The molecular weight excluding hydrogens is 314 g/mol. The Kier molecular flexibility index (Phi) is 4.70. The summed E-state index contributed by atoms with van der Waals surface area (Å²) in [6.45, 7) is 6.37. The molecule has 0 atom stereocenters. The van der Waals surface area contributed by atoms with Crippen LogP contribution in [0.5, 0.6) is 0 Å². The van der Waals surface area contributed by atoms with Crippen LogP contribution in [0.15, 0.2) is 57.7 Å². The van der Waals surface area contributed by atoms with E-state index >= 15 is 0 Å². The molecule has 0 bridgehead atoms. The van der Waals surface area contributed by atoms with Crippen LogP contribution < -0.4 is 10.7 Å². The molecule has 0 radical (unpaired) electrons. The molecule has 4 nitrogen and oxygen atoms in total. The van der Waals surface area contributed by atoms with Crippen LogP contribution in [0.3, 0.4) is 0 Å². The van der Waals surface area contributed by atoms with Gasteiger partial charge in [-0.15, -0.1) is 0 Å². The summed E-state index contributed by atoms with van der Waals surface area (Å²) in [4.78, 5) is 25.3. The van der Waals surface area contributed by atoms with E-state index in [4.69, 9.17) is 4.42 Å². The van der Waals surface area contributed by atoms with Crippen LogP contribution in [0.1, 0.15) is 29.8 Å². The van der Waals surface area contributed by atoms with Gasteiger partial charge in [0.1, 0.15) is 5.76 Å². The van der Waals surface area contributed by atoms with Gasteiger partial charge in [-0.2, -0.15) is 0 Å². The third kappa shape index (κ3) is 3.33. The zero-order chi connectivity index (χ0) is 18.0. The van der Waals surface area contributed by atoms with Gasteiger partial charge in [-0.1, -0.05) is 50.2 Å². The molecule has 0 saturated carbocycles. The summed E-state index contributed by atoms with van der Waals surface area (Å²) < 4.78 is 6.06. The van der Waals surface area contributed by atoms with Gasteiger partial charge in [-0.3, -0.25) is 9.59 Å². The second-order valence-corrected chi connectivity index (χ2v) is 6.54. The van der Waals surface area contributed by atoms with E-state index in [0.717, 1.165) is 5.56 Å². The standard InChI is InChI=1S/C21H21NO3/c1-13(2)12-22-21(24)17-11-7-10-16-18(23)14(3)19(25-20(16)17)15-8-5-4-6-9-15/h4-11,13H,12H2,1-3H3,(H,22,24). The molecule has 1 N–H and O–H groups in total. The van der Waals surface area contributed by atoms with E-state index in [1.807, 2.05) is 44.2 Å². The second kappa shape index (κ2) is 6.93. The molecule has 0 unspecified atom stereocenters. The molecule has 0 saturated heterocycles. The number of carbonyl (C=O) groups is 1. The first-order valence-corrected chi connectivity index (χ1v) is 8.39. The minimum absolute atomic E-state index is 0.112. The Labute approximate surface area is 146 Å². The summed E-state index contributed by atoms with van der Waals surface area (Å²) in [5, 5.41) is 3.31. The number of hydrogen-bond donors (Lipinski definition) is 1. The molecule has 25 heavy (non-hydrogen) atoms. The van der Waals surface area contributed by atoms with Gasteiger partial charge >= 0.3 is 0 Å². The van der Waals surface area contributed by atoms with Crippen LogP contribution in [-0.4, -0.2) is 12.5 Å². The van der Waals surface area contributed by atoms with Crippen molar-refractivity contribution in [2.24, 2.45) is 5.92 Å². The molecule has 1 aromatic heterocycles. The number of hydrogen-bond acceptors (Lipinski definition) is 3. The smallest absolute Gasteiger partial charge is 0.255 e. The molecule has 0 aliphatic carbocycles. The molecule has 1 heterocycles. The van der Waals surface area contributed by atoms with Crippen LogP contribution in [0.4, 0.5) is 0 Å². The van der Waals surface area contributed by atoms with E-state index in [-0.39, 0.29) is 11.3 Å². The Bertz CT molecular complexity index is 972. The van der Waals surface area contributed by atoms with Gasteiger partial charge in [0.15, 0.2) is 11.0 Å². The largest absolute Gasteiger partial charge is 0.455 e. The maximum atomic E-state index is 12.8. The molecule has 128 valence electrons. The lowest BCUT2D eigenvalue weighted by molar-refractivity contribution is 0.0949. The van der Waals surface area contributed by atoms with Gasteiger partial charge < -0.3 is 9.73 Å². The predicted octanol–water partition coefficient (Wildman–Crippen LogP) is 4.15. The lowest BCUT2D eigenvalue weighted by Crippen LogP contribution is -2.27. The van der Waals surface area contributed by atoms with Gasteiger partial charge in [-0.25, -0.2) is 0 Å². The van der Waals surface area contributed by atoms with E-state index in [2.05, 4.69) is 5.32 Å². The van der Waals surface area contributed by atoms with E-state index in [1.54, 1.807) is 25.1 Å². The van der Waals surface area contributed by atoms with Crippen LogP contribution in [0.25, 0.3) is 22.3 Å². The molecule has 3 aromatic rings. The number of carbonyl (C=O) groups excluding carboxylic acids is 1. The van der Waals surface area contributed by atoms with Crippen LogP contribution >= 0.6 is 0 Å². The SMILES string of the molecule is Cc1c(-c2ccccc2)oc2c(C(=O)NCC(C)C)cccc2c1=O. The fourth-order valence-corrected chi connectivity index (χ4v) is 2.75. The van der Waals surface area contributed by atoms with Crippen molar-refractivity contribution in [2.75, 3.05) is 6.54 Å². The minimum Gasteiger partial charge on any atom is -0.455 e. The van der Waals surface area contributed by atoms with Gasteiger partial charge in [0.25, 0.3) is 5.91 Å². The van der Waals surface area contributed by atoms with Gasteiger partial charge in [0, 0.05) is 17.7 Å². The Morgan fingerprint density at radius 3 is 2.48 bits per heavy atom. The third-order valence-corrected chi connectivity index (χ3v) is 4.10. The minimum atomic E-state index is -0.231. The maximum Gasteiger partial charge on any atom is 0.255 e. The first-order valence-electron chi connectivity index (χ1n) is 8.39. The molecule has 3 rings (SSSR count). The monoisotopic (exact) mass is 335 g/mol. The quantitative estimate of drug-likeness (QED) is 0.779. The molecule has 0 aliphatic rings. The lowest BCUT2D eigenvalue weighted by atomic mass is 10.0. The molecule has 1 amide bonds. The average Bonchev–Trinajstić information content (AvgIpc) is 2.63. The average molecular weight is 335 g/mol. The molecule has 0 fully saturated rings. The van der Waals surface area contributed by atoms with Gasteiger partial charge in [0.2, 0.25) is 0 Å². The van der Waals surface area contributed by atoms with E-state index < -0.39 is 0 Å². The summed E-state index contributed by atoms with van der Waals surface area (Å²) in [5.41, 5.74) is 1.96. The summed E-state index contributed by atoms with van der Waals surface area (Å²) in [7, 11) is 0. The Balaban J connectivity index is 2.19. The van der Waals surface area contributed by atoms with E-state index in [1.165, 1.54) is 0 Å². The van der Waals surface area contributed by atoms with Crippen molar-refractivity contribution in [3.63, 3.8) is 0 Å². The highest BCUT2D eigenvalue weighted by molar-refractivity contribution is 6.05.